The highest BCUT2D eigenvalue weighted by Crippen LogP contribution is 2.23. The summed E-state index contributed by atoms with van der Waals surface area (Å²) in [6.45, 7) is 2.00. The lowest BCUT2D eigenvalue weighted by Gasteiger charge is -2.07. The Bertz CT molecular complexity index is 1100. The molecule has 3 aromatic rings. The number of carbonyl (C=O) groups excluding carboxylic acids is 1. The van der Waals surface area contributed by atoms with Gasteiger partial charge in [0, 0.05) is 10.7 Å². The number of halogens is 2. The van der Waals surface area contributed by atoms with Crippen LogP contribution in [-0.4, -0.2) is 17.3 Å². The van der Waals surface area contributed by atoms with Gasteiger partial charge in [-0.25, -0.2) is 4.79 Å². The number of nitrogens with one attached hydrogen (secondary N) is 2. The summed E-state index contributed by atoms with van der Waals surface area (Å²) in [5.74, 6) is -0.180. The zero-order valence-electron chi connectivity index (χ0n) is 15.9. The minimum absolute atomic E-state index is 0.234. The van der Waals surface area contributed by atoms with E-state index in [0.717, 1.165) is 16.8 Å². The van der Waals surface area contributed by atoms with Gasteiger partial charge in [0.05, 0.1) is 16.8 Å². The highest BCUT2D eigenvalue weighted by molar-refractivity contribution is 7.80. The van der Waals surface area contributed by atoms with E-state index in [1.807, 2.05) is 31.2 Å². The summed E-state index contributed by atoms with van der Waals surface area (Å²) in [5, 5.41) is 8.21. The van der Waals surface area contributed by atoms with Crippen LogP contribution in [0.2, 0.25) is 10.0 Å². The Morgan fingerprint density at radius 1 is 1.07 bits per heavy atom. The number of esters is 1. The number of hydrogen-bond donors (Lipinski definition) is 2. The quantitative estimate of drug-likeness (QED) is 0.165. The molecule has 0 aliphatic heterocycles. The molecule has 152 valence electrons. The maximum absolute atomic E-state index is 12.2. The van der Waals surface area contributed by atoms with Gasteiger partial charge in [-0.15, -0.1) is 0 Å². The number of benzene rings is 3. The minimum Gasteiger partial charge on any atom is -0.423 e. The normalized spacial score (nSPS) is 10.6. The summed E-state index contributed by atoms with van der Waals surface area (Å²) in [4.78, 5) is 12.2. The lowest BCUT2D eigenvalue weighted by molar-refractivity contribution is 0.0735. The van der Waals surface area contributed by atoms with E-state index in [2.05, 4.69) is 15.8 Å². The van der Waals surface area contributed by atoms with Crippen molar-refractivity contribution in [1.82, 2.24) is 5.43 Å². The van der Waals surface area contributed by atoms with Gasteiger partial charge in [0.2, 0.25) is 0 Å². The lowest BCUT2D eigenvalue weighted by Crippen LogP contribution is -2.23. The number of nitrogens with zero attached hydrogens (tertiary/aromatic N) is 1. The van der Waals surface area contributed by atoms with Crippen LogP contribution in [0.25, 0.3) is 0 Å². The Labute approximate surface area is 189 Å². The van der Waals surface area contributed by atoms with Crippen molar-refractivity contribution < 1.29 is 9.53 Å². The number of thiocarbonyl (C=S) groups is 1. The first-order valence-corrected chi connectivity index (χ1v) is 10.0. The van der Waals surface area contributed by atoms with Crippen LogP contribution in [0.1, 0.15) is 21.5 Å². The smallest absolute Gasteiger partial charge is 0.345 e. The predicted molar refractivity (Wildman–Crippen MR) is 126 cm³/mol. The Morgan fingerprint density at radius 3 is 2.53 bits per heavy atom. The SMILES string of the molecule is Cc1cccc(NC(=S)N/N=C/c2ccc(OC(=O)c3ccc(Cl)cc3Cl)cc2)c1. The molecule has 0 atom stereocenters. The molecule has 0 unspecified atom stereocenters. The number of hydrogen-bond acceptors (Lipinski definition) is 4. The van der Waals surface area contributed by atoms with Crippen LogP contribution in [0.3, 0.4) is 0 Å². The lowest BCUT2D eigenvalue weighted by atomic mass is 10.2. The van der Waals surface area contributed by atoms with E-state index in [1.54, 1.807) is 36.5 Å². The molecule has 3 rings (SSSR count). The number of rotatable bonds is 5. The topological polar surface area (TPSA) is 62.7 Å². The fourth-order valence-electron chi connectivity index (χ4n) is 2.49. The molecule has 0 fully saturated rings. The number of ether oxygens (including phenoxy) is 1. The van der Waals surface area contributed by atoms with Gasteiger partial charge in [0.1, 0.15) is 5.75 Å². The highest BCUT2D eigenvalue weighted by atomic mass is 35.5. The molecule has 2 N–H and O–H groups in total. The Kier molecular flexibility index (Phi) is 7.41. The van der Waals surface area contributed by atoms with Crippen molar-refractivity contribution in [3.05, 3.63) is 93.5 Å². The fourth-order valence-corrected chi connectivity index (χ4v) is 3.14. The van der Waals surface area contributed by atoms with Gasteiger partial charge < -0.3 is 10.1 Å². The van der Waals surface area contributed by atoms with Crippen molar-refractivity contribution in [2.24, 2.45) is 5.10 Å². The monoisotopic (exact) mass is 457 g/mol. The molecule has 0 aliphatic rings. The summed E-state index contributed by atoms with van der Waals surface area (Å²) in [6, 6.07) is 19.3. The molecule has 0 bridgehead atoms. The first-order valence-electron chi connectivity index (χ1n) is 8.85. The third-order valence-electron chi connectivity index (χ3n) is 3.90. The molecule has 5 nitrogen and oxygen atoms in total. The van der Waals surface area contributed by atoms with E-state index in [-0.39, 0.29) is 10.6 Å². The fraction of sp³-hybridized carbons (Fsp3) is 0.0455. The van der Waals surface area contributed by atoms with E-state index in [1.165, 1.54) is 12.1 Å². The average Bonchev–Trinajstić information content (AvgIpc) is 2.69. The van der Waals surface area contributed by atoms with Crippen LogP contribution in [0.15, 0.2) is 71.8 Å². The van der Waals surface area contributed by atoms with E-state index in [9.17, 15) is 4.79 Å². The Balaban J connectivity index is 1.53. The van der Waals surface area contributed by atoms with Gasteiger partial charge in [-0.3, -0.25) is 5.43 Å². The largest absolute Gasteiger partial charge is 0.423 e. The second-order valence-electron chi connectivity index (χ2n) is 6.28. The van der Waals surface area contributed by atoms with Crippen LogP contribution >= 0.6 is 35.4 Å². The van der Waals surface area contributed by atoms with Gasteiger partial charge in [0.15, 0.2) is 5.11 Å². The van der Waals surface area contributed by atoms with E-state index in [0.29, 0.717) is 15.9 Å². The minimum atomic E-state index is -0.563. The van der Waals surface area contributed by atoms with Crippen LogP contribution in [-0.2, 0) is 0 Å². The first kappa shape index (κ1) is 21.8. The van der Waals surface area contributed by atoms with Crippen molar-refractivity contribution >= 4 is 58.4 Å². The molecule has 0 radical (unpaired) electrons. The van der Waals surface area contributed by atoms with Crippen LogP contribution in [0, 0.1) is 6.92 Å². The molecule has 0 aromatic heterocycles. The summed E-state index contributed by atoms with van der Waals surface area (Å²) in [7, 11) is 0. The van der Waals surface area contributed by atoms with Gasteiger partial charge in [-0.05, 0) is 84.9 Å². The highest BCUT2D eigenvalue weighted by Gasteiger charge is 2.13. The van der Waals surface area contributed by atoms with Gasteiger partial charge in [-0.2, -0.15) is 5.10 Å². The molecule has 0 heterocycles. The number of aryl methyl sites for hydroxylation is 1. The van der Waals surface area contributed by atoms with Crippen molar-refractivity contribution in [2.45, 2.75) is 6.92 Å². The van der Waals surface area contributed by atoms with E-state index < -0.39 is 5.97 Å². The van der Waals surface area contributed by atoms with Crippen molar-refractivity contribution in [3.8, 4) is 5.75 Å². The summed E-state index contributed by atoms with van der Waals surface area (Å²) in [6.07, 6.45) is 1.60. The maximum Gasteiger partial charge on any atom is 0.345 e. The molecule has 0 spiro atoms. The van der Waals surface area contributed by atoms with Crippen molar-refractivity contribution in [1.29, 1.82) is 0 Å². The summed E-state index contributed by atoms with van der Waals surface area (Å²) in [5.41, 5.74) is 5.81. The molecule has 0 amide bonds. The average molecular weight is 458 g/mol. The number of carbonyl (C=O) groups is 1. The third-order valence-corrected chi connectivity index (χ3v) is 4.64. The Morgan fingerprint density at radius 2 is 1.83 bits per heavy atom. The van der Waals surface area contributed by atoms with Crippen LogP contribution in [0.5, 0.6) is 5.75 Å². The van der Waals surface area contributed by atoms with Crippen molar-refractivity contribution in [3.63, 3.8) is 0 Å². The van der Waals surface area contributed by atoms with Crippen LogP contribution in [0.4, 0.5) is 5.69 Å². The molecular formula is C22H17Cl2N3O2S. The predicted octanol–water partition coefficient (Wildman–Crippen LogP) is 5.84. The second kappa shape index (κ2) is 10.2. The van der Waals surface area contributed by atoms with Gasteiger partial charge in [0.25, 0.3) is 0 Å². The molecule has 30 heavy (non-hydrogen) atoms. The molecule has 0 saturated heterocycles. The maximum atomic E-state index is 12.2. The summed E-state index contributed by atoms with van der Waals surface area (Å²) < 4.78 is 5.34. The zero-order valence-corrected chi connectivity index (χ0v) is 18.2. The van der Waals surface area contributed by atoms with Gasteiger partial charge in [-0.1, -0.05) is 35.3 Å². The molecule has 3 aromatic carbocycles. The second-order valence-corrected chi connectivity index (χ2v) is 7.53. The summed E-state index contributed by atoms with van der Waals surface area (Å²) >= 11 is 17.1. The first-order chi connectivity index (χ1) is 14.4. The third kappa shape index (κ3) is 6.29. The molecule has 0 aliphatic carbocycles. The number of anilines is 1. The number of hydrazone groups is 1. The standard InChI is InChI=1S/C22H17Cl2N3O2S/c1-14-3-2-4-17(11-14)26-22(30)27-25-13-15-5-8-18(9-6-15)29-21(28)19-10-7-16(23)12-20(19)24/h2-13H,1H3,(H2,26,27,30)/b25-13+. The zero-order chi connectivity index (χ0) is 21.5. The van der Waals surface area contributed by atoms with E-state index in [4.69, 9.17) is 40.2 Å². The van der Waals surface area contributed by atoms with Crippen LogP contribution < -0.4 is 15.5 Å². The van der Waals surface area contributed by atoms with Gasteiger partial charge >= 0.3 is 5.97 Å². The van der Waals surface area contributed by atoms with E-state index >= 15 is 0 Å². The van der Waals surface area contributed by atoms with Crippen molar-refractivity contribution in [2.75, 3.05) is 5.32 Å². The molecule has 8 heteroatoms. The molecule has 0 saturated carbocycles. The Hall–Kier alpha value is -2.93. The molecular weight excluding hydrogens is 441 g/mol.